The van der Waals surface area contributed by atoms with Crippen LogP contribution in [0.15, 0.2) is 35.7 Å². The molecule has 0 fully saturated rings. The highest BCUT2D eigenvalue weighted by atomic mass is 35.5. The van der Waals surface area contributed by atoms with E-state index in [0.29, 0.717) is 23.7 Å². The largest absolute Gasteiger partial charge is 0.347 e. The fraction of sp³-hybridized carbons (Fsp3) is 0.133. The summed E-state index contributed by atoms with van der Waals surface area (Å²) in [5.74, 6) is 5.67. The third-order valence-corrected chi connectivity index (χ3v) is 3.76. The lowest BCUT2D eigenvalue weighted by Crippen LogP contribution is -2.22. The lowest BCUT2D eigenvalue weighted by molar-refractivity contribution is 0.0951. The van der Waals surface area contributed by atoms with E-state index in [1.807, 2.05) is 11.4 Å². The van der Waals surface area contributed by atoms with Gasteiger partial charge in [0.2, 0.25) is 0 Å². The molecule has 0 saturated heterocycles. The molecule has 1 heterocycles. The van der Waals surface area contributed by atoms with Gasteiger partial charge in [0.1, 0.15) is 0 Å². The van der Waals surface area contributed by atoms with Crippen molar-refractivity contribution in [3.63, 3.8) is 0 Å². The van der Waals surface area contributed by atoms with Gasteiger partial charge in [-0.05, 0) is 35.7 Å². The number of nitrogens with one attached hydrogen (secondary N) is 1. The van der Waals surface area contributed by atoms with Crippen LogP contribution in [0.5, 0.6) is 0 Å². The third kappa shape index (κ3) is 3.84. The zero-order valence-electron chi connectivity index (χ0n) is 10.7. The standard InChI is InChI=1S/C15H13ClN2OS/c16-13-5-3-12(4-6-13)15(19)18-10-14-11(2-1-8-17)7-9-20-14/h3-7,9H,8,10,17H2,(H,18,19). The van der Waals surface area contributed by atoms with E-state index in [9.17, 15) is 4.79 Å². The fourth-order valence-electron chi connectivity index (χ4n) is 1.60. The molecular formula is C15H13ClN2OS. The lowest BCUT2D eigenvalue weighted by atomic mass is 10.2. The van der Waals surface area contributed by atoms with Crippen molar-refractivity contribution < 1.29 is 4.79 Å². The molecule has 0 bridgehead atoms. The van der Waals surface area contributed by atoms with E-state index >= 15 is 0 Å². The minimum atomic E-state index is -0.132. The number of rotatable bonds is 3. The number of nitrogens with two attached hydrogens (primary N) is 1. The number of thiophene rings is 1. The Bertz CT molecular complexity index is 653. The normalized spacial score (nSPS) is 9.70. The summed E-state index contributed by atoms with van der Waals surface area (Å²) in [5, 5.41) is 5.43. The molecular weight excluding hydrogens is 292 g/mol. The summed E-state index contributed by atoms with van der Waals surface area (Å²) in [6.07, 6.45) is 0. The Kier molecular flexibility index (Phi) is 5.19. The molecule has 0 unspecified atom stereocenters. The highest BCUT2D eigenvalue weighted by Crippen LogP contribution is 2.16. The number of hydrogen-bond acceptors (Lipinski definition) is 3. The second-order valence-electron chi connectivity index (χ2n) is 3.95. The van der Waals surface area contributed by atoms with Gasteiger partial charge in [0.25, 0.3) is 5.91 Å². The maximum atomic E-state index is 12.0. The summed E-state index contributed by atoms with van der Waals surface area (Å²) in [4.78, 5) is 13.0. The van der Waals surface area contributed by atoms with Crippen molar-refractivity contribution in [3.05, 3.63) is 56.7 Å². The summed E-state index contributed by atoms with van der Waals surface area (Å²) < 4.78 is 0. The van der Waals surface area contributed by atoms with Gasteiger partial charge in [-0.2, -0.15) is 0 Å². The monoisotopic (exact) mass is 304 g/mol. The van der Waals surface area contributed by atoms with Crippen LogP contribution in [-0.4, -0.2) is 12.5 Å². The number of amides is 1. The van der Waals surface area contributed by atoms with Crippen LogP contribution in [0, 0.1) is 11.8 Å². The van der Waals surface area contributed by atoms with Gasteiger partial charge in [-0.25, -0.2) is 0 Å². The highest BCUT2D eigenvalue weighted by Gasteiger charge is 2.07. The van der Waals surface area contributed by atoms with E-state index in [-0.39, 0.29) is 5.91 Å². The van der Waals surface area contributed by atoms with E-state index in [0.717, 1.165) is 10.4 Å². The molecule has 0 aliphatic heterocycles. The van der Waals surface area contributed by atoms with Crippen LogP contribution >= 0.6 is 22.9 Å². The molecule has 2 aromatic rings. The summed E-state index contributed by atoms with van der Waals surface area (Å²) >= 11 is 7.35. The molecule has 102 valence electrons. The smallest absolute Gasteiger partial charge is 0.251 e. The topological polar surface area (TPSA) is 55.1 Å². The number of hydrogen-bond donors (Lipinski definition) is 2. The van der Waals surface area contributed by atoms with Gasteiger partial charge in [0.05, 0.1) is 13.1 Å². The van der Waals surface area contributed by atoms with Crippen LogP contribution in [-0.2, 0) is 6.54 Å². The zero-order valence-corrected chi connectivity index (χ0v) is 12.2. The summed E-state index contributed by atoms with van der Waals surface area (Å²) in [5.41, 5.74) is 6.85. The number of benzene rings is 1. The summed E-state index contributed by atoms with van der Waals surface area (Å²) in [7, 11) is 0. The molecule has 3 N–H and O–H groups in total. The maximum Gasteiger partial charge on any atom is 0.251 e. The molecule has 0 aliphatic carbocycles. The average molecular weight is 305 g/mol. The van der Waals surface area contributed by atoms with Crippen LogP contribution in [0.4, 0.5) is 0 Å². The van der Waals surface area contributed by atoms with Crippen LogP contribution in [0.3, 0.4) is 0 Å². The minimum Gasteiger partial charge on any atom is -0.347 e. The first kappa shape index (κ1) is 14.6. The molecule has 0 atom stereocenters. The minimum absolute atomic E-state index is 0.132. The molecule has 2 rings (SSSR count). The summed E-state index contributed by atoms with van der Waals surface area (Å²) in [6.45, 7) is 0.778. The van der Waals surface area contributed by atoms with Gasteiger partial charge < -0.3 is 11.1 Å². The first-order chi connectivity index (χ1) is 9.70. The van der Waals surface area contributed by atoms with Crippen molar-refractivity contribution in [1.29, 1.82) is 0 Å². The predicted octanol–water partition coefficient (Wildman–Crippen LogP) is 2.64. The van der Waals surface area contributed by atoms with Gasteiger partial charge >= 0.3 is 0 Å². The van der Waals surface area contributed by atoms with Crippen molar-refractivity contribution >= 4 is 28.8 Å². The molecule has 1 aromatic carbocycles. The SMILES string of the molecule is NCC#Cc1ccsc1CNC(=O)c1ccc(Cl)cc1. The van der Waals surface area contributed by atoms with E-state index < -0.39 is 0 Å². The Morgan fingerprint density at radius 3 is 2.75 bits per heavy atom. The first-order valence-corrected chi connectivity index (χ1v) is 7.25. The molecule has 0 spiro atoms. The Balaban J connectivity index is 2.00. The number of carbonyl (C=O) groups is 1. The Morgan fingerprint density at radius 1 is 1.30 bits per heavy atom. The van der Waals surface area contributed by atoms with Crippen molar-refractivity contribution in [2.24, 2.45) is 5.73 Å². The zero-order chi connectivity index (χ0) is 14.4. The molecule has 1 aromatic heterocycles. The number of halogens is 1. The molecule has 0 aliphatic rings. The van der Waals surface area contributed by atoms with E-state index in [1.165, 1.54) is 0 Å². The Labute approximate surface area is 126 Å². The number of carbonyl (C=O) groups excluding carboxylic acids is 1. The van der Waals surface area contributed by atoms with Gasteiger partial charge in [0, 0.05) is 21.0 Å². The Morgan fingerprint density at radius 2 is 2.05 bits per heavy atom. The molecule has 0 radical (unpaired) electrons. The van der Waals surface area contributed by atoms with E-state index in [2.05, 4.69) is 17.2 Å². The molecule has 1 amide bonds. The van der Waals surface area contributed by atoms with Crippen LogP contribution in [0.2, 0.25) is 5.02 Å². The third-order valence-electron chi connectivity index (χ3n) is 2.59. The first-order valence-electron chi connectivity index (χ1n) is 6.00. The lowest BCUT2D eigenvalue weighted by Gasteiger charge is -2.04. The molecule has 3 nitrogen and oxygen atoms in total. The van der Waals surface area contributed by atoms with Crippen molar-refractivity contribution in [2.45, 2.75) is 6.54 Å². The van der Waals surface area contributed by atoms with Gasteiger partial charge in [-0.3, -0.25) is 4.79 Å². The second-order valence-corrected chi connectivity index (χ2v) is 5.39. The second kappa shape index (κ2) is 7.11. The van der Waals surface area contributed by atoms with E-state index in [4.69, 9.17) is 17.3 Å². The molecule has 20 heavy (non-hydrogen) atoms. The van der Waals surface area contributed by atoms with Crippen molar-refractivity contribution in [3.8, 4) is 11.8 Å². The van der Waals surface area contributed by atoms with Gasteiger partial charge in [-0.1, -0.05) is 23.4 Å². The van der Waals surface area contributed by atoms with Crippen LogP contribution < -0.4 is 11.1 Å². The van der Waals surface area contributed by atoms with Crippen LogP contribution in [0.1, 0.15) is 20.8 Å². The van der Waals surface area contributed by atoms with Crippen molar-refractivity contribution in [1.82, 2.24) is 5.32 Å². The van der Waals surface area contributed by atoms with Gasteiger partial charge in [-0.15, -0.1) is 11.3 Å². The average Bonchev–Trinajstić information content (AvgIpc) is 2.90. The van der Waals surface area contributed by atoms with Gasteiger partial charge in [0.15, 0.2) is 0 Å². The summed E-state index contributed by atoms with van der Waals surface area (Å²) in [6, 6.07) is 8.71. The highest BCUT2D eigenvalue weighted by molar-refractivity contribution is 7.10. The Hall–Kier alpha value is -1.80. The predicted molar refractivity (Wildman–Crippen MR) is 82.9 cm³/mol. The van der Waals surface area contributed by atoms with Crippen molar-refractivity contribution in [2.75, 3.05) is 6.54 Å². The molecule has 0 saturated carbocycles. The molecule has 5 heteroatoms. The fourth-order valence-corrected chi connectivity index (χ4v) is 2.49. The van der Waals surface area contributed by atoms with Crippen LogP contribution in [0.25, 0.3) is 0 Å². The quantitative estimate of drug-likeness (QED) is 0.857. The maximum absolute atomic E-state index is 12.0. The van der Waals surface area contributed by atoms with E-state index in [1.54, 1.807) is 35.6 Å².